The van der Waals surface area contributed by atoms with Crippen molar-refractivity contribution in [1.82, 2.24) is 0 Å². The molecular formula is C32H34S2. The highest BCUT2D eigenvalue weighted by Crippen LogP contribution is 2.36. The quantitative estimate of drug-likeness (QED) is 0.265. The van der Waals surface area contributed by atoms with Crippen molar-refractivity contribution in [2.75, 3.05) is 0 Å². The van der Waals surface area contributed by atoms with Crippen molar-refractivity contribution in [3.05, 3.63) is 103 Å². The van der Waals surface area contributed by atoms with Gasteiger partial charge in [-0.2, -0.15) is 0 Å². The number of rotatable bonds is 5. The molecule has 0 N–H and O–H groups in total. The molecule has 2 heteroatoms. The zero-order valence-electron chi connectivity index (χ0n) is 21.1. The Morgan fingerprint density at radius 3 is 1.15 bits per heavy atom. The van der Waals surface area contributed by atoms with E-state index in [9.17, 15) is 0 Å². The maximum atomic E-state index is 2.25. The topological polar surface area (TPSA) is 0 Å². The molecule has 0 saturated carbocycles. The second-order valence-corrected chi connectivity index (χ2v) is 12.7. The second-order valence-electron chi connectivity index (χ2n) is 10.8. The molecule has 0 nitrogen and oxygen atoms in total. The molecule has 2 heterocycles. The first kappa shape index (κ1) is 24.4. The van der Waals surface area contributed by atoms with E-state index in [1.165, 1.54) is 43.1 Å². The third kappa shape index (κ3) is 5.87. The number of benzene rings is 2. The van der Waals surface area contributed by atoms with Crippen LogP contribution in [0.1, 0.15) is 73.6 Å². The van der Waals surface area contributed by atoms with Gasteiger partial charge in [0.25, 0.3) is 0 Å². The van der Waals surface area contributed by atoms with Gasteiger partial charge in [0.2, 0.25) is 0 Å². The van der Waals surface area contributed by atoms with E-state index in [-0.39, 0.29) is 10.8 Å². The average Bonchev–Trinajstić information content (AvgIpc) is 3.44. The second kappa shape index (κ2) is 9.90. The minimum Gasteiger partial charge on any atom is -0.144 e. The number of hydrogen-bond donors (Lipinski definition) is 0. The van der Waals surface area contributed by atoms with Gasteiger partial charge in [0.1, 0.15) is 0 Å². The maximum absolute atomic E-state index is 2.25. The molecule has 0 fully saturated rings. The normalized spacial score (nSPS) is 12.8. The van der Waals surface area contributed by atoms with Gasteiger partial charge in [0, 0.05) is 20.9 Å². The monoisotopic (exact) mass is 482 g/mol. The lowest BCUT2D eigenvalue weighted by Gasteiger charge is -2.18. The van der Waals surface area contributed by atoms with E-state index in [1.807, 2.05) is 0 Å². The standard InChI is InChI=1S/C32H34S2/c1-31(2,3)25-13-7-23(8-14-25)11-17-29-27(19-21-33-29)28-20-22-34-30(28)18-12-24-9-15-26(16-10-24)32(4,5)6/h7-22H,1-6H3. The van der Waals surface area contributed by atoms with E-state index < -0.39 is 0 Å². The van der Waals surface area contributed by atoms with Crippen LogP contribution in [0.15, 0.2) is 71.4 Å². The predicted molar refractivity (Wildman–Crippen MR) is 156 cm³/mol. The molecule has 4 aromatic rings. The van der Waals surface area contributed by atoms with Crippen LogP contribution in [0.5, 0.6) is 0 Å². The maximum Gasteiger partial charge on any atom is 0.0349 e. The predicted octanol–water partition coefficient (Wildman–Crippen LogP) is 10.4. The van der Waals surface area contributed by atoms with Crippen molar-refractivity contribution in [3.8, 4) is 11.1 Å². The Labute approximate surface area is 213 Å². The molecule has 174 valence electrons. The Morgan fingerprint density at radius 2 is 0.824 bits per heavy atom. The molecule has 0 spiro atoms. The van der Waals surface area contributed by atoms with E-state index in [1.54, 1.807) is 22.7 Å². The summed E-state index contributed by atoms with van der Waals surface area (Å²) in [5, 5.41) is 4.38. The minimum atomic E-state index is 0.181. The molecule has 4 rings (SSSR count). The molecule has 0 aliphatic rings. The molecule has 0 aliphatic carbocycles. The van der Waals surface area contributed by atoms with E-state index in [2.05, 4.69) is 137 Å². The molecule has 0 saturated heterocycles. The third-order valence-corrected chi connectivity index (χ3v) is 7.85. The fourth-order valence-corrected chi connectivity index (χ4v) is 5.48. The molecule has 0 atom stereocenters. The fraction of sp³-hybridized carbons (Fsp3) is 0.250. The van der Waals surface area contributed by atoms with Crippen molar-refractivity contribution in [3.63, 3.8) is 0 Å². The summed E-state index contributed by atoms with van der Waals surface area (Å²) in [6.07, 6.45) is 8.95. The summed E-state index contributed by atoms with van der Waals surface area (Å²) in [4.78, 5) is 2.59. The fourth-order valence-electron chi connectivity index (χ4n) is 3.88. The van der Waals surface area contributed by atoms with Crippen LogP contribution >= 0.6 is 22.7 Å². The van der Waals surface area contributed by atoms with E-state index >= 15 is 0 Å². The van der Waals surface area contributed by atoms with Crippen molar-refractivity contribution < 1.29 is 0 Å². The summed E-state index contributed by atoms with van der Waals surface area (Å²) in [7, 11) is 0. The van der Waals surface area contributed by atoms with Gasteiger partial charge in [-0.1, -0.05) is 102 Å². The van der Waals surface area contributed by atoms with E-state index in [4.69, 9.17) is 0 Å². The summed E-state index contributed by atoms with van der Waals surface area (Å²) < 4.78 is 0. The molecule has 0 unspecified atom stereocenters. The van der Waals surface area contributed by atoms with Gasteiger partial charge in [-0.3, -0.25) is 0 Å². The van der Waals surface area contributed by atoms with Gasteiger partial charge in [0.05, 0.1) is 0 Å². The molecule has 34 heavy (non-hydrogen) atoms. The lowest BCUT2D eigenvalue weighted by atomic mass is 9.86. The largest absolute Gasteiger partial charge is 0.144 e. The van der Waals surface area contributed by atoms with Crippen LogP contribution in [0.25, 0.3) is 35.4 Å². The molecular weight excluding hydrogens is 448 g/mol. The van der Waals surface area contributed by atoms with Crippen LogP contribution in [-0.2, 0) is 10.8 Å². The van der Waals surface area contributed by atoms with Crippen LogP contribution in [-0.4, -0.2) is 0 Å². The summed E-state index contributed by atoms with van der Waals surface area (Å²) in [6.45, 7) is 13.5. The summed E-state index contributed by atoms with van der Waals surface area (Å²) in [5.74, 6) is 0. The van der Waals surface area contributed by atoms with E-state index in [0.29, 0.717) is 0 Å². The molecule has 0 amide bonds. The van der Waals surface area contributed by atoms with Gasteiger partial charge >= 0.3 is 0 Å². The SMILES string of the molecule is CC(C)(C)c1ccc(C=Cc2sccc2-c2ccsc2C=Cc2ccc(C(C)(C)C)cc2)cc1. The highest BCUT2D eigenvalue weighted by molar-refractivity contribution is 7.12. The summed E-state index contributed by atoms with van der Waals surface area (Å²) in [6, 6.07) is 22.3. The van der Waals surface area contributed by atoms with Crippen molar-refractivity contribution >= 4 is 47.0 Å². The van der Waals surface area contributed by atoms with Crippen molar-refractivity contribution in [1.29, 1.82) is 0 Å². The van der Waals surface area contributed by atoms with Gasteiger partial charge in [-0.25, -0.2) is 0 Å². The van der Waals surface area contributed by atoms with E-state index in [0.717, 1.165) is 0 Å². The van der Waals surface area contributed by atoms with Crippen LogP contribution < -0.4 is 0 Å². The lowest BCUT2D eigenvalue weighted by molar-refractivity contribution is 0.590. The van der Waals surface area contributed by atoms with Crippen molar-refractivity contribution in [2.45, 2.75) is 52.4 Å². The Hall–Kier alpha value is -2.68. The van der Waals surface area contributed by atoms with Crippen LogP contribution in [0.2, 0.25) is 0 Å². The number of thiophene rings is 2. The zero-order valence-corrected chi connectivity index (χ0v) is 22.7. The minimum absolute atomic E-state index is 0.181. The summed E-state index contributed by atoms with van der Waals surface area (Å²) in [5.41, 5.74) is 8.16. The first-order valence-corrected chi connectivity index (χ1v) is 13.6. The van der Waals surface area contributed by atoms with Gasteiger partial charge in [-0.15, -0.1) is 22.7 Å². The number of hydrogen-bond acceptors (Lipinski definition) is 2. The third-order valence-electron chi connectivity index (χ3n) is 6.09. The van der Waals surface area contributed by atoms with Gasteiger partial charge in [-0.05, 0) is 68.1 Å². The highest BCUT2D eigenvalue weighted by Gasteiger charge is 2.14. The van der Waals surface area contributed by atoms with Crippen LogP contribution in [0.4, 0.5) is 0 Å². The van der Waals surface area contributed by atoms with Gasteiger partial charge in [0.15, 0.2) is 0 Å². The average molecular weight is 483 g/mol. The molecule has 2 aromatic heterocycles. The molecule has 2 aromatic carbocycles. The molecule has 0 aliphatic heterocycles. The smallest absolute Gasteiger partial charge is 0.0349 e. The van der Waals surface area contributed by atoms with Gasteiger partial charge < -0.3 is 0 Å². The highest BCUT2D eigenvalue weighted by atomic mass is 32.1. The van der Waals surface area contributed by atoms with Crippen LogP contribution in [0.3, 0.4) is 0 Å². The Balaban J connectivity index is 1.53. The zero-order chi connectivity index (χ0) is 24.3. The first-order chi connectivity index (χ1) is 16.1. The Morgan fingerprint density at radius 1 is 0.471 bits per heavy atom. The molecule has 0 bridgehead atoms. The Bertz CT molecular complexity index is 1180. The lowest BCUT2D eigenvalue weighted by Crippen LogP contribution is -2.10. The molecule has 0 radical (unpaired) electrons. The first-order valence-electron chi connectivity index (χ1n) is 11.8. The van der Waals surface area contributed by atoms with Crippen LogP contribution in [0, 0.1) is 0 Å². The van der Waals surface area contributed by atoms with Crippen molar-refractivity contribution in [2.24, 2.45) is 0 Å². The Kier molecular flexibility index (Phi) is 7.12. The summed E-state index contributed by atoms with van der Waals surface area (Å²) >= 11 is 3.59.